The number of benzene rings is 1. The molecule has 1 N–H and O–H groups in total. The minimum Gasteiger partial charge on any atom is -0.478 e. The highest BCUT2D eigenvalue weighted by Gasteiger charge is 2.12. The van der Waals surface area contributed by atoms with Crippen LogP contribution in [-0.2, 0) is 0 Å². The summed E-state index contributed by atoms with van der Waals surface area (Å²) in [6.07, 6.45) is 3.66. The summed E-state index contributed by atoms with van der Waals surface area (Å²) in [5.74, 6) is -0.480. The van der Waals surface area contributed by atoms with Gasteiger partial charge in [0.1, 0.15) is 5.56 Å². The van der Waals surface area contributed by atoms with Gasteiger partial charge in [-0.15, -0.1) is 0 Å². The van der Waals surface area contributed by atoms with Crippen LogP contribution in [0.4, 0.5) is 0 Å². The van der Waals surface area contributed by atoms with Crippen molar-refractivity contribution < 1.29 is 9.90 Å². The van der Waals surface area contributed by atoms with Crippen LogP contribution in [0.15, 0.2) is 48.8 Å². The van der Waals surface area contributed by atoms with Gasteiger partial charge >= 0.3 is 5.97 Å². The summed E-state index contributed by atoms with van der Waals surface area (Å²) in [6, 6.07) is 11.5. The number of nitrogens with zero attached hydrogens (tertiary/aromatic N) is 2. The molecule has 0 amide bonds. The first-order valence-corrected chi connectivity index (χ1v) is 6.87. The van der Waals surface area contributed by atoms with Crippen LogP contribution in [0.3, 0.4) is 0 Å². The fourth-order valence-corrected chi connectivity index (χ4v) is 2.36. The van der Waals surface area contributed by atoms with Gasteiger partial charge in [-0.1, -0.05) is 38.1 Å². The Bertz CT molecular complexity index is 801. The monoisotopic (exact) mass is 280 g/mol. The third-order valence-corrected chi connectivity index (χ3v) is 3.59. The minimum absolute atomic E-state index is 0.211. The molecular formula is C17H16N2O2. The largest absolute Gasteiger partial charge is 0.478 e. The van der Waals surface area contributed by atoms with Crippen molar-refractivity contribution in [1.82, 2.24) is 9.38 Å². The Balaban J connectivity index is 2.09. The Morgan fingerprint density at radius 2 is 1.90 bits per heavy atom. The van der Waals surface area contributed by atoms with Gasteiger partial charge in [-0.25, -0.2) is 9.78 Å². The van der Waals surface area contributed by atoms with E-state index in [1.807, 2.05) is 18.3 Å². The first-order chi connectivity index (χ1) is 10.1. The fraction of sp³-hybridized carbons (Fsp3) is 0.176. The Morgan fingerprint density at radius 1 is 1.19 bits per heavy atom. The maximum atomic E-state index is 11.2. The number of rotatable bonds is 3. The molecule has 0 saturated heterocycles. The number of fused-ring (bicyclic) bond motifs is 1. The molecule has 0 aliphatic carbocycles. The predicted molar refractivity (Wildman–Crippen MR) is 81.7 cm³/mol. The Labute approximate surface area is 122 Å². The minimum atomic E-state index is -0.965. The highest BCUT2D eigenvalue weighted by atomic mass is 16.4. The van der Waals surface area contributed by atoms with Crippen molar-refractivity contribution in [3.8, 4) is 11.3 Å². The van der Waals surface area contributed by atoms with Gasteiger partial charge in [-0.2, -0.15) is 0 Å². The van der Waals surface area contributed by atoms with E-state index in [9.17, 15) is 9.90 Å². The molecule has 1 aromatic carbocycles. The molecule has 0 radical (unpaired) electrons. The van der Waals surface area contributed by atoms with Gasteiger partial charge in [0.05, 0.1) is 5.69 Å². The van der Waals surface area contributed by atoms with Gasteiger partial charge < -0.3 is 9.51 Å². The van der Waals surface area contributed by atoms with Crippen LogP contribution in [0.2, 0.25) is 0 Å². The van der Waals surface area contributed by atoms with E-state index in [4.69, 9.17) is 0 Å². The third-order valence-electron chi connectivity index (χ3n) is 3.59. The zero-order chi connectivity index (χ0) is 15.0. The van der Waals surface area contributed by atoms with E-state index in [0.717, 1.165) is 11.3 Å². The molecule has 0 unspecified atom stereocenters. The molecule has 21 heavy (non-hydrogen) atoms. The molecule has 3 rings (SSSR count). The van der Waals surface area contributed by atoms with Gasteiger partial charge in [0.15, 0.2) is 5.65 Å². The summed E-state index contributed by atoms with van der Waals surface area (Å²) in [6.45, 7) is 4.30. The van der Waals surface area contributed by atoms with Crippen molar-refractivity contribution >= 4 is 11.6 Å². The molecule has 0 aliphatic rings. The molecule has 0 aliphatic heterocycles. The van der Waals surface area contributed by atoms with Gasteiger partial charge in [0, 0.05) is 18.0 Å². The highest BCUT2D eigenvalue weighted by molar-refractivity contribution is 5.94. The van der Waals surface area contributed by atoms with E-state index in [1.54, 1.807) is 22.7 Å². The molecule has 0 fully saturated rings. The zero-order valence-corrected chi connectivity index (χ0v) is 11.9. The number of carbonyl (C=O) groups is 1. The Hall–Kier alpha value is -2.62. The smallest absolute Gasteiger partial charge is 0.339 e. The van der Waals surface area contributed by atoms with Crippen LogP contribution in [0.25, 0.3) is 16.9 Å². The number of carboxylic acids is 1. The van der Waals surface area contributed by atoms with Crippen molar-refractivity contribution in [2.24, 2.45) is 0 Å². The summed E-state index contributed by atoms with van der Waals surface area (Å²) in [7, 11) is 0. The number of hydrogen-bond acceptors (Lipinski definition) is 2. The van der Waals surface area contributed by atoms with Crippen LogP contribution >= 0.6 is 0 Å². The molecule has 0 saturated carbocycles. The van der Waals surface area contributed by atoms with Crippen LogP contribution in [-0.4, -0.2) is 20.5 Å². The second-order valence-electron chi connectivity index (χ2n) is 5.36. The molecule has 0 bridgehead atoms. The van der Waals surface area contributed by atoms with Crippen molar-refractivity contribution in [2.45, 2.75) is 19.8 Å². The van der Waals surface area contributed by atoms with E-state index < -0.39 is 5.97 Å². The lowest BCUT2D eigenvalue weighted by Crippen LogP contribution is -1.99. The molecule has 4 heteroatoms. The summed E-state index contributed by atoms with van der Waals surface area (Å²) < 4.78 is 1.75. The van der Waals surface area contributed by atoms with Crippen LogP contribution in [0, 0.1) is 0 Å². The first kappa shape index (κ1) is 13.4. The van der Waals surface area contributed by atoms with Crippen LogP contribution in [0.5, 0.6) is 0 Å². The van der Waals surface area contributed by atoms with Gasteiger partial charge in [-0.3, -0.25) is 0 Å². The number of pyridine rings is 1. The second-order valence-corrected chi connectivity index (χ2v) is 5.36. The molecule has 2 aromatic heterocycles. The Kier molecular flexibility index (Phi) is 3.22. The fourth-order valence-electron chi connectivity index (χ4n) is 2.36. The number of hydrogen-bond donors (Lipinski definition) is 1. The van der Waals surface area contributed by atoms with Gasteiger partial charge in [-0.05, 0) is 23.6 Å². The first-order valence-electron chi connectivity index (χ1n) is 6.87. The van der Waals surface area contributed by atoms with E-state index in [0.29, 0.717) is 11.6 Å². The van der Waals surface area contributed by atoms with E-state index >= 15 is 0 Å². The predicted octanol–water partition coefficient (Wildman–Crippen LogP) is 3.82. The number of aromatic carboxylic acids is 1. The van der Waals surface area contributed by atoms with Crippen molar-refractivity contribution in [3.05, 3.63) is 59.9 Å². The Morgan fingerprint density at radius 3 is 2.52 bits per heavy atom. The number of carboxylic acid groups (broad SMARTS) is 1. The lowest BCUT2D eigenvalue weighted by Gasteiger charge is -2.05. The molecule has 106 valence electrons. The van der Waals surface area contributed by atoms with E-state index in [-0.39, 0.29) is 5.56 Å². The normalized spacial score (nSPS) is 11.2. The highest BCUT2D eigenvalue weighted by Crippen LogP contribution is 2.23. The van der Waals surface area contributed by atoms with E-state index in [2.05, 4.69) is 31.0 Å². The maximum absolute atomic E-state index is 11.2. The summed E-state index contributed by atoms with van der Waals surface area (Å²) >= 11 is 0. The summed E-state index contributed by atoms with van der Waals surface area (Å²) in [5.41, 5.74) is 3.71. The third kappa shape index (κ3) is 2.40. The molecule has 0 spiro atoms. The summed E-state index contributed by atoms with van der Waals surface area (Å²) in [5, 5.41) is 9.21. The van der Waals surface area contributed by atoms with Crippen molar-refractivity contribution in [1.29, 1.82) is 0 Å². The molecule has 3 aromatic rings. The standard InChI is InChI=1S/C17H16N2O2/c1-11(2)12-5-7-13(8-6-12)15-10-19-9-3-4-14(17(20)21)16(19)18-15/h3-11H,1-2H3,(H,20,21). The van der Waals surface area contributed by atoms with Crippen molar-refractivity contribution in [2.75, 3.05) is 0 Å². The number of imidazole rings is 1. The molecule has 2 heterocycles. The van der Waals surface area contributed by atoms with Gasteiger partial charge in [0.25, 0.3) is 0 Å². The number of aromatic nitrogens is 2. The zero-order valence-electron chi connectivity index (χ0n) is 11.9. The average Bonchev–Trinajstić information content (AvgIpc) is 2.90. The van der Waals surface area contributed by atoms with Crippen LogP contribution < -0.4 is 0 Å². The molecular weight excluding hydrogens is 264 g/mol. The average molecular weight is 280 g/mol. The molecule has 0 atom stereocenters. The molecule has 4 nitrogen and oxygen atoms in total. The second kappa shape index (κ2) is 5.05. The van der Waals surface area contributed by atoms with Crippen molar-refractivity contribution in [3.63, 3.8) is 0 Å². The lowest BCUT2D eigenvalue weighted by molar-refractivity contribution is 0.0698. The maximum Gasteiger partial charge on any atom is 0.339 e. The SMILES string of the molecule is CC(C)c1ccc(-c2cn3cccc(C(=O)O)c3n2)cc1. The van der Waals surface area contributed by atoms with E-state index in [1.165, 1.54) is 5.56 Å². The quantitative estimate of drug-likeness (QED) is 0.793. The topological polar surface area (TPSA) is 54.6 Å². The van der Waals surface area contributed by atoms with Gasteiger partial charge in [0.2, 0.25) is 0 Å². The van der Waals surface area contributed by atoms with Crippen LogP contribution in [0.1, 0.15) is 35.7 Å². The summed E-state index contributed by atoms with van der Waals surface area (Å²) in [4.78, 5) is 15.7. The lowest BCUT2D eigenvalue weighted by atomic mass is 10.0.